The summed E-state index contributed by atoms with van der Waals surface area (Å²) in [5.74, 6) is 1.36. The summed E-state index contributed by atoms with van der Waals surface area (Å²) >= 11 is 0. The quantitative estimate of drug-likeness (QED) is 0.897. The molecule has 2 fully saturated rings. The first kappa shape index (κ1) is 15.2. The van der Waals surface area contributed by atoms with E-state index >= 15 is 0 Å². The zero-order valence-electron chi connectivity index (χ0n) is 13.9. The number of amides is 1. The number of carbonyl (C=O) groups is 1. The van der Waals surface area contributed by atoms with Crippen LogP contribution in [0.25, 0.3) is 0 Å². The minimum absolute atomic E-state index is 0.263. The van der Waals surface area contributed by atoms with E-state index in [9.17, 15) is 4.79 Å². The lowest BCUT2D eigenvalue weighted by Gasteiger charge is -2.29. The van der Waals surface area contributed by atoms with Crippen LogP contribution in [0.2, 0.25) is 0 Å². The van der Waals surface area contributed by atoms with Crippen LogP contribution >= 0.6 is 0 Å². The van der Waals surface area contributed by atoms with Crippen molar-refractivity contribution in [3.63, 3.8) is 0 Å². The molecule has 3 heteroatoms. The fourth-order valence-corrected chi connectivity index (χ4v) is 4.98. The number of aryl methyl sites for hydroxylation is 1. The topological polar surface area (TPSA) is 41.1 Å². The predicted octanol–water partition coefficient (Wildman–Crippen LogP) is 3.14. The second-order valence-electron chi connectivity index (χ2n) is 7.77. The SMILES string of the molecule is O=C(CC1CC2CCC(C1)N2)NCC1CCCc2ccccc21. The summed E-state index contributed by atoms with van der Waals surface area (Å²) in [6.45, 7) is 0.813. The molecule has 3 unspecified atom stereocenters. The van der Waals surface area contributed by atoms with Gasteiger partial charge in [0.2, 0.25) is 5.91 Å². The number of piperidine rings is 1. The van der Waals surface area contributed by atoms with Gasteiger partial charge < -0.3 is 10.6 Å². The van der Waals surface area contributed by atoms with Crippen molar-refractivity contribution < 1.29 is 4.79 Å². The molecule has 0 radical (unpaired) electrons. The summed E-state index contributed by atoms with van der Waals surface area (Å²) in [7, 11) is 0. The Balaban J connectivity index is 1.29. The average molecular weight is 312 g/mol. The molecule has 4 rings (SSSR count). The summed E-state index contributed by atoms with van der Waals surface area (Å²) in [4.78, 5) is 12.4. The van der Waals surface area contributed by atoms with Crippen molar-refractivity contribution in [2.75, 3.05) is 6.54 Å². The van der Waals surface area contributed by atoms with Gasteiger partial charge in [0.25, 0.3) is 0 Å². The third-order valence-corrected chi connectivity index (χ3v) is 6.08. The molecule has 3 atom stereocenters. The zero-order valence-corrected chi connectivity index (χ0v) is 13.9. The first-order chi connectivity index (χ1) is 11.3. The van der Waals surface area contributed by atoms with E-state index in [1.165, 1.54) is 56.1 Å². The number of hydrogen-bond acceptors (Lipinski definition) is 2. The maximum Gasteiger partial charge on any atom is 0.220 e. The van der Waals surface area contributed by atoms with Crippen LogP contribution < -0.4 is 10.6 Å². The number of benzene rings is 1. The van der Waals surface area contributed by atoms with Crippen molar-refractivity contribution in [1.82, 2.24) is 10.6 Å². The molecule has 1 aromatic rings. The van der Waals surface area contributed by atoms with E-state index in [1.807, 2.05) is 0 Å². The van der Waals surface area contributed by atoms with Gasteiger partial charge in [-0.15, -0.1) is 0 Å². The molecule has 0 spiro atoms. The van der Waals surface area contributed by atoms with Crippen molar-refractivity contribution in [2.24, 2.45) is 5.92 Å². The minimum Gasteiger partial charge on any atom is -0.355 e. The maximum absolute atomic E-state index is 12.4. The second-order valence-corrected chi connectivity index (χ2v) is 7.77. The fourth-order valence-electron chi connectivity index (χ4n) is 4.98. The molecule has 2 aliphatic heterocycles. The van der Waals surface area contributed by atoms with Crippen molar-refractivity contribution in [1.29, 1.82) is 0 Å². The van der Waals surface area contributed by atoms with E-state index < -0.39 is 0 Å². The molecule has 3 aliphatic rings. The Kier molecular flexibility index (Phi) is 4.39. The molecule has 2 N–H and O–H groups in total. The van der Waals surface area contributed by atoms with Gasteiger partial charge in [0.05, 0.1) is 0 Å². The van der Waals surface area contributed by atoms with Gasteiger partial charge in [0, 0.05) is 31.0 Å². The Labute approximate surface area is 139 Å². The van der Waals surface area contributed by atoms with E-state index in [1.54, 1.807) is 0 Å². The van der Waals surface area contributed by atoms with Crippen LogP contribution in [0.15, 0.2) is 24.3 Å². The highest BCUT2D eigenvalue weighted by Crippen LogP contribution is 2.33. The molecule has 1 amide bonds. The number of fused-ring (bicyclic) bond motifs is 3. The Morgan fingerprint density at radius 3 is 2.74 bits per heavy atom. The highest BCUT2D eigenvalue weighted by atomic mass is 16.1. The summed E-state index contributed by atoms with van der Waals surface area (Å²) in [5.41, 5.74) is 2.94. The Bertz CT molecular complexity index is 559. The molecule has 2 bridgehead atoms. The van der Waals surface area contributed by atoms with Crippen molar-refractivity contribution in [3.05, 3.63) is 35.4 Å². The van der Waals surface area contributed by atoms with E-state index in [-0.39, 0.29) is 5.91 Å². The van der Waals surface area contributed by atoms with Gasteiger partial charge in [-0.3, -0.25) is 4.79 Å². The zero-order chi connectivity index (χ0) is 15.6. The lowest BCUT2D eigenvalue weighted by molar-refractivity contribution is -0.122. The van der Waals surface area contributed by atoms with Crippen LogP contribution in [-0.4, -0.2) is 24.5 Å². The van der Waals surface area contributed by atoms with E-state index in [2.05, 4.69) is 34.9 Å². The van der Waals surface area contributed by atoms with Crippen molar-refractivity contribution >= 4 is 5.91 Å². The number of hydrogen-bond donors (Lipinski definition) is 2. The monoisotopic (exact) mass is 312 g/mol. The van der Waals surface area contributed by atoms with E-state index in [0.29, 0.717) is 23.9 Å². The molecule has 3 nitrogen and oxygen atoms in total. The second kappa shape index (κ2) is 6.64. The highest BCUT2D eigenvalue weighted by molar-refractivity contribution is 5.76. The lowest BCUT2D eigenvalue weighted by atomic mass is 9.83. The van der Waals surface area contributed by atoms with Crippen LogP contribution in [0.1, 0.15) is 62.0 Å². The average Bonchev–Trinajstić information content (AvgIpc) is 2.91. The Morgan fingerprint density at radius 2 is 1.91 bits per heavy atom. The van der Waals surface area contributed by atoms with Gasteiger partial charge in [-0.2, -0.15) is 0 Å². The van der Waals surface area contributed by atoms with Crippen LogP contribution in [0.5, 0.6) is 0 Å². The third kappa shape index (κ3) is 3.45. The van der Waals surface area contributed by atoms with Gasteiger partial charge in [-0.25, -0.2) is 0 Å². The van der Waals surface area contributed by atoms with E-state index in [0.717, 1.165) is 13.0 Å². The number of rotatable bonds is 4. The van der Waals surface area contributed by atoms with Crippen molar-refractivity contribution in [2.45, 2.75) is 69.4 Å². The van der Waals surface area contributed by atoms with Crippen LogP contribution in [-0.2, 0) is 11.2 Å². The predicted molar refractivity (Wildman–Crippen MR) is 92.4 cm³/mol. The molecule has 2 heterocycles. The molecular formula is C20H28N2O. The first-order valence-electron chi connectivity index (χ1n) is 9.38. The maximum atomic E-state index is 12.4. The summed E-state index contributed by atoms with van der Waals surface area (Å²) < 4.78 is 0. The van der Waals surface area contributed by atoms with Gasteiger partial charge >= 0.3 is 0 Å². The van der Waals surface area contributed by atoms with Crippen LogP contribution in [0.4, 0.5) is 0 Å². The van der Waals surface area contributed by atoms with Gasteiger partial charge in [0.15, 0.2) is 0 Å². The van der Waals surface area contributed by atoms with Crippen LogP contribution in [0.3, 0.4) is 0 Å². The first-order valence-corrected chi connectivity index (χ1v) is 9.38. The van der Waals surface area contributed by atoms with Gasteiger partial charge in [0.1, 0.15) is 0 Å². The Morgan fingerprint density at radius 1 is 1.13 bits per heavy atom. The highest BCUT2D eigenvalue weighted by Gasteiger charge is 2.34. The summed E-state index contributed by atoms with van der Waals surface area (Å²) in [6, 6.07) is 10.1. The minimum atomic E-state index is 0.263. The molecular weight excluding hydrogens is 284 g/mol. The molecule has 1 aliphatic carbocycles. The largest absolute Gasteiger partial charge is 0.355 e. The molecule has 124 valence electrons. The van der Waals surface area contributed by atoms with E-state index in [4.69, 9.17) is 0 Å². The molecule has 0 aromatic heterocycles. The number of nitrogens with one attached hydrogen (secondary N) is 2. The fraction of sp³-hybridized carbons (Fsp3) is 0.650. The van der Waals surface area contributed by atoms with Gasteiger partial charge in [-0.05, 0) is 62.0 Å². The standard InChI is InChI=1S/C20H28N2O/c23-20(12-14-10-17-8-9-18(11-14)22-17)21-13-16-6-3-5-15-4-1-2-7-19(15)16/h1-2,4,7,14,16-18,22H,3,5-6,8-13H2,(H,21,23). The molecule has 0 saturated carbocycles. The molecule has 1 aromatic carbocycles. The summed E-state index contributed by atoms with van der Waals surface area (Å²) in [6.07, 6.45) is 9.36. The van der Waals surface area contributed by atoms with Gasteiger partial charge in [-0.1, -0.05) is 24.3 Å². The summed E-state index contributed by atoms with van der Waals surface area (Å²) in [5, 5.41) is 6.89. The third-order valence-electron chi connectivity index (χ3n) is 6.08. The Hall–Kier alpha value is -1.35. The molecule has 23 heavy (non-hydrogen) atoms. The normalized spacial score (nSPS) is 32.3. The lowest BCUT2D eigenvalue weighted by Crippen LogP contribution is -2.40. The molecule has 2 saturated heterocycles. The smallest absolute Gasteiger partial charge is 0.220 e. The van der Waals surface area contributed by atoms with Crippen LogP contribution in [0, 0.1) is 5.92 Å². The van der Waals surface area contributed by atoms with Crippen molar-refractivity contribution in [3.8, 4) is 0 Å². The number of carbonyl (C=O) groups excluding carboxylic acids is 1.